The molecule has 0 fully saturated rings. The standard InChI is InChI=1S/C13H19F2N3O3/c1-13(2,3)21-12(20)18-8-5-9(10(14)15)17(4)6-7(8)11(19)16-18/h9-10H,5-6H2,1-4H3,(H,16,19). The molecule has 0 saturated heterocycles. The van der Waals surface area contributed by atoms with Gasteiger partial charge >= 0.3 is 6.09 Å². The molecule has 1 aromatic heterocycles. The molecule has 6 nitrogen and oxygen atoms in total. The van der Waals surface area contributed by atoms with E-state index < -0.39 is 29.7 Å². The van der Waals surface area contributed by atoms with Crippen molar-refractivity contribution in [2.75, 3.05) is 7.05 Å². The van der Waals surface area contributed by atoms with E-state index in [4.69, 9.17) is 4.74 Å². The number of carbonyl (C=O) groups excluding carboxylic acids is 1. The first-order valence-electron chi connectivity index (χ1n) is 6.64. The van der Waals surface area contributed by atoms with Gasteiger partial charge in [0.05, 0.1) is 17.3 Å². The van der Waals surface area contributed by atoms with Crippen molar-refractivity contribution in [1.29, 1.82) is 0 Å². The lowest BCUT2D eigenvalue weighted by atomic mass is 10.0. The minimum Gasteiger partial charge on any atom is -0.442 e. The summed E-state index contributed by atoms with van der Waals surface area (Å²) < 4.78 is 32.2. The molecule has 0 bridgehead atoms. The maximum atomic E-state index is 13.0. The number of rotatable bonds is 1. The molecule has 1 atom stereocenters. The van der Waals surface area contributed by atoms with E-state index in [0.717, 1.165) is 4.68 Å². The van der Waals surface area contributed by atoms with E-state index in [1.54, 1.807) is 20.8 Å². The van der Waals surface area contributed by atoms with Crippen LogP contribution in [0.25, 0.3) is 0 Å². The SMILES string of the molecule is CN1Cc2c(n(C(=O)OC(C)(C)C)[nH]c2=O)CC1C(F)F. The van der Waals surface area contributed by atoms with Gasteiger partial charge in [-0.25, -0.2) is 13.6 Å². The van der Waals surface area contributed by atoms with E-state index in [2.05, 4.69) is 5.10 Å². The molecule has 1 N–H and O–H groups in total. The average molecular weight is 303 g/mol. The Bertz CT molecular complexity index is 601. The third-order valence-electron chi connectivity index (χ3n) is 3.35. The fourth-order valence-electron chi connectivity index (χ4n) is 2.35. The van der Waals surface area contributed by atoms with Crippen molar-refractivity contribution in [3.8, 4) is 0 Å². The fraction of sp³-hybridized carbons (Fsp3) is 0.692. The molecule has 2 rings (SSSR count). The summed E-state index contributed by atoms with van der Waals surface area (Å²) in [5.41, 5.74) is -0.577. The van der Waals surface area contributed by atoms with Gasteiger partial charge in [-0.15, -0.1) is 0 Å². The van der Waals surface area contributed by atoms with Crippen LogP contribution in [0.1, 0.15) is 32.0 Å². The highest BCUT2D eigenvalue weighted by atomic mass is 19.3. The number of halogens is 2. The Morgan fingerprint density at radius 2 is 2.05 bits per heavy atom. The Kier molecular flexibility index (Phi) is 3.92. The zero-order chi connectivity index (χ0) is 15.9. The highest BCUT2D eigenvalue weighted by Gasteiger charge is 2.35. The van der Waals surface area contributed by atoms with Crippen molar-refractivity contribution in [2.45, 2.75) is 51.8 Å². The second-order valence-electron chi connectivity index (χ2n) is 6.20. The van der Waals surface area contributed by atoms with Gasteiger partial charge in [-0.05, 0) is 27.8 Å². The predicted molar refractivity (Wildman–Crippen MR) is 71.6 cm³/mol. The molecule has 118 valence electrons. The number of alkyl halides is 2. The lowest BCUT2D eigenvalue weighted by molar-refractivity contribution is 0.0253. The maximum Gasteiger partial charge on any atom is 0.433 e. The van der Waals surface area contributed by atoms with Crippen molar-refractivity contribution < 1.29 is 18.3 Å². The number of hydrogen-bond acceptors (Lipinski definition) is 4. The number of nitrogens with one attached hydrogen (secondary N) is 1. The van der Waals surface area contributed by atoms with E-state index in [9.17, 15) is 18.4 Å². The second kappa shape index (κ2) is 5.25. The van der Waals surface area contributed by atoms with Gasteiger partial charge < -0.3 is 4.74 Å². The van der Waals surface area contributed by atoms with Crippen LogP contribution in [0.3, 0.4) is 0 Å². The van der Waals surface area contributed by atoms with Gasteiger partial charge in [0, 0.05) is 13.0 Å². The van der Waals surface area contributed by atoms with E-state index >= 15 is 0 Å². The summed E-state index contributed by atoms with van der Waals surface area (Å²) in [6.45, 7) is 5.15. The Labute approximate surface area is 120 Å². The van der Waals surface area contributed by atoms with Crippen molar-refractivity contribution in [2.24, 2.45) is 0 Å². The van der Waals surface area contributed by atoms with Gasteiger partial charge in [0.15, 0.2) is 0 Å². The van der Waals surface area contributed by atoms with Gasteiger partial charge in [0.25, 0.3) is 12.0 Å². The zero-order valence-electron chi connectivity index (χ0n) is 12.4. The number of aromatic amines is 1. The number of H-pyrrole nitrogens is 1. The molecule has 0 aromatic carbocycles. The summed E-state index contributed by atoms with van der Waals surface area (Å²) in [5, 5.41) is 2.37. The van der Waals surface area contributed by atoms with Gasteiger partial charge in [-0.3, -0.25) is 14.8 Å². The largest absolute Gasteiger partial charge is 0.442 e. The van der Waals surface area contributed by atoms with Crippen LogP contribution in [-0.2, 0) is 17.7 Å². The minimum atomic E-state index is -2.56. The Balaban J connectivity index is 2.38. The number of fused-ring (bicyclic) bond motifs is 1. The van der Waals surface area contributed by atoms with E-state index in [0.29, 0.717) is 5.56 Å². The van der Waals surface area contributed by atoms with Gasteiger partial charge in [-0.2, -0.15) is 4.68 Å². The molecule has 2 heterocycles. The average Bonchev–Trinajstić information content (AvgIpc) is 2.63. The molecular weight excluding hydrogens is 284 g/mol. The maximum absolute atomic E-state index is 13.0. The molecule has 0 radical (unpaired) electrons. The summed E-state index contributed by atoms with van der Waals surface area (Å²) in [5.74, 6) is 0. The number of ether oxygens (including phenoxy) is 1. The fourth-order valence-corrected chi connectivity index (χ4v) is 2.35. The van der Waals surface area contributed by atoms with Crippen LogP contribution in [0.15, 0.2) is 4.79 Å². The smallest absolute Gasteiger partial charge is 0.433 e. The lowest BCUT2D eigenvalue weighted by Crippen LogP contribution is -2.44. The zero-order valence-corrected chi connectivity index (χ0v) is 12.4. The molecule has 1 aromatic rings. The molecular formula is C13H19F2N3O3. The van der Waals surface area contributed by atoms with Crippen molar-refractivity contribution in [1.82, 2.24) is 14.7 Å². The van der Waals surface area contributed by atoms with Crippen LogP contribution >= 0.6 is 0 Å². The van der Waals surface area contributed by atoms with Crippen LogP contribution in [0.5, 0.6) is 0 Å². The minimum absolute atomic E-state index is 0.0788. The highest BCUT2D eigenvalue weighted by molar-refractivity contribution is 5.71. The second-order valence-corrected chi connectivity index (χ2v) is 6.20. The Morgan fingerprint density at radius 1 is 1.43 bits per heavy atom. The molecule has 0 amide bonds. The Morgan fingerprint density at radius 3 is 2.57 bits per heavy atom. The summed E-state index contributed by atoms with van der Waals surface area (Å²) in [6.07, 6.45) is -3.40. The van der Waals surface area contributed by atoms with E-state index in [1.165, 1.54) is 11.9 Å². The van der Waals surface area contributed by atoms with Crippen LogP contribution in [0.4, 0.5) is 13.6 Å². The topological polar surface area (TPSA) is 67.3 Å². The first-order valence-corrected chi connectivity index (χ1v) is 6.64. The van der Waals surface area contributed by atoms with Gasteiger partial charge in [-0.1, -0.05) is 0 Å². The number of nitrogens with zero attached hydrogens (tertiary/aromatic N) is 2. The third kappa shape index (κ3) is 3.15. The van der Waals surface area contributed by atoms with Crippen LogP contribution in [0.2, 0.25) is 0 Å². The highest BCUT2D eigenvalue weighted by Crippen LogP contribution is 2.24. The summed E-state index contributed by atoms with van der Waals surface area (Å²) >= 11 is 0. The molecule has 8 heteroatoms. The quantitative estimate of drug-likeness (QED) is 0.855. The molecule has 1 unspecified atom stereocenters. The molecule has 1 aliphatic heterocycles. The summed E-state index contributed by atoms with van der Waals surface area (Å²) in [6, 6.07) is -1.03. The Hall–Kier alpha value is -1.70. The molecule has 0 saturated carbocycles. The van der Waals surface area contributed by atoms with Crippen molar-refractivity contribution >= 4 is 6.09 Å². The van der Waals surface area contributed by atoms with Crippen LogP contribution < -0.4 is 5.56 Å². The first-order chi connectivity index (χ1) is 9.60. The van der Waals surface area contributed by atoms with Crippen LogP contribution in [-0.4, -0.2) is 45.9 Å². The predicted octanol–water partition coefficient (Wildman–Crippen LogP) is 1.58. The number of likely N-dealkylation sites (N-methyl/N-ethyl adjacent to an activating group) is 1. The summed E-state index contributed by atoms with van der Waals surface area (Å²) in [7, 11) is 1.53. The molecule has 1 aliphatic rings. The number of aromatic nitrogens is 2. The number of carbonyl (C=O) groups is 1. The monoisotopic (exact) mass is 303 g/mol. The van der Waals surface area contributed by atoms with Gasteiger partial charge in [0.1, 0.15) is 5.60 Å². The summed E-state index contributed by atoms with van der Waals surface area (Å²) in [4.78, 5) is 25.4. The van der Waals surface area contributed by atoms with Gasteiger partial charge in [0.2, 0.25) is 0 Å². The third-order valence-corrected chi connectivity index (χ3v) is 3.35. The van der Waals surface area contributed by atoms with Crippen molar-refractivity contribution in [3.05, 3.63) is 21.6 Å². The van der Waals surface area contributed by atoms with Crippen LogP contribution in [0, 0.1) is 0 Å². The molecule has 0 spiro atoms. The first kappa shape index (κ1) is 15.7. The van der Waals surface area contributed by atoms with Crippen molar-refractivity contribution in [3.63, 3.8) is 0 Å². The molecule has 0 aliphatic carbocycles. The molecule has 21 heavy (non-hydrogen) atoms. The normalized spacial score (nSPS) is 19.7. The van der Waals surface area contributed by atoms with E-state index in [1.807, 2.05) is 0 Å². The van der Waals surface area contributed by atoms with E-state index in [-0.39, 0.29) is 18.7 Å². The number of hydrogen-bond donors (Lipinski definition) is 1. The lowest BCUT2D eigenvalue weighted by Gasteiger charge is -2.31.